The van der Waals surface area contributed by atoms with Crippen molar-refractivity contribution in [3.8, 4) is 0 Å². The number of amides is 1. The number of carbonyl (C=O) groups is 1. The number of aryl methyl sites for hydroxylation is 2. The van der Waals surface area contributed by atoms with Gasteiger partial charge in [0, 0.05) is 23.4 Å². The fourth-order valence-electron chi connectivity index (χ4n) is 5.04. The highest BCUT2D eigenvalue weighted by Gasteiger charge is 2.41. The first-order chi connectivity index (χ1) is 14.8. The molecule has 4 nitrogen and oxygen atoms in total. The van der Waals surface area contributed by atoms with Gasteiger partial charge < -0.3 is 9.88 Å². The maximum absolute atomic E-state index is 14.4. The van der Waals surface area contributed by atoms with Crippen molar-refractivity contribution in [2.75, 3.05) is 6.54 Å². The largest absolute Gasteiger partial charge is 0.335 e. The molecule has 1 amide bonds. The van der Waals surface area contributed by atoms with E-state index in [0.717, 1.165) is 12.5 Å². The van der Waals surface area contributed by atoms with Gasteiger partial charge >= 0.3 is 0 Å². The van der Waals surface area contributed by atoms with Gasteiger partial charge in [0.15, 0.2) is 11.6 Å². The molecule has 6 heteroatoms. The number of aromatic amines is 1. The Morgan fingerprint density at radius 3 is 2.71 bits per heavy atom. The van der Waals surface area contributed by atoms with Crippen molar-refractivity contribution in [2.45, 2.75) is 32.7 Å². The van der Waals surface area contributed by atoms with Crippen LogP contribution in [0.4, 0.5) is 8.78 Å². The number of likely N-dealkylation sites (tertiary alicyclic amines) is 1. The molecule has 31 heavy (non-hydrogen) atoms. The Hall–Kier alpha value is -3.28. The molecule has 2 aliphatic rings. The minimum atomic E-state index is -1.01. The van der Waals surface area contributed by atoms with E-state index in [0.29, 0.717) is 12.1 Å². The van der Waals surface area contributed by atoms with Gasteiger partial charge in [-0.1, -0.05) is 35.9 Å². The second-order valence-electron chi connectivity index (χ2n) is 8.56. The molecule has 0 saturated carbocycles. The summed E-state index contributed by atoms with van der Waals surface area (Å²) in [5, 5.41) is 0.0203. The zero-order valence-corrected chi connectivity index (χ0v) is 17.3. The average Bonchev–Trinajstić information content (AvgIpc) is 3.35. The van der Waals surface area contributed by atoms with E-state index < -0.39 is 17.2 Å². The lowest BCUT2D eigenvalue weighted by molar-refractivity contribution is -0.130. The minimum Gasteiger partial charge on any atom is -0.335 e. The molecule has 2 aromatic carbocycles. The molecule has 2 atom stereocenters. The molecule has 2 heterocycles. The highest BCUT2D eigenvalue weighted by Crippen LogP contribution is 2.42. The molecule has 5 rings (SSSR count). The van der Waals surface area contributed by atoms with Gasteiger partial charge in [-0.05, 0) is 49.1 Å². The van der Waals surface area contributed by atoms with E-state index in [4.69, 9.17) is 0 Å². The SMILES string of the molecule is Cc1cccc(C2=C[C@@H]3C[C@H]2CN3C(=O)Cc2c(C)c3c(F)c(F)ccc3[nH]c2=O)c1. The molecule has 0 spiro atoms. The van der Waals surface area contributed by atoms with E-state index in [9.17, 15) is 18.4 Å². The lowest BCUT2D eigenvalue weighted by Gasteiger charge is -2.27. The van der Waals surface area contributed by atoms with Gasteiger partial charge in [-0.15, -0.1) is 0 Å². The molecule has 2 bridgehead atoms. The fourth-order valence-corrected chi connectivity index (χ4v) is 5.04. The van der Waals surface area contributed by atoms with Crippen LogP contribution in [-0.2, 0) is 11.2 Å². The van der Waals surface area contributed by atoms with Crippen molar-refractivity contribution in [1.82, 2.24) is 9.88 Å². The first-order valence-electron chi connectivity index (χ1n) is 10.4. The molecule has 1 fully saturated rings. The third-order valence-corrected chi connectivity index (χ3v) is 6.60. The molecule has 1 aliphatic carbocycles. The summed E-state index contributed by atoms with van der Waals surface area (Å²) in [6.07, 6.45) is 2.89. The Kier molecular flexibility index (Phi) is 4.54. The van der Waals surface area contributed by atoms with Crippen LogP contribution in [0.1, 0.15) is 28.7 Å². The number of hydrogen-bond acceptors (Lipinski definition) is 2. The molecular weight excluding hydrogens is 398 g/mol. The molecule has 1 aliphatic heterocycles. The number of fused-ring (bicyclic) bond motifs is 3. The predicted octanol–water partition coefficient (Wildman–Crippen LogP) is 4.28. The Morgan fingerprint density at radius 2 is 2.00 bits per heavy atom. The van der Waals surface area contributed by atoms with Crippen LogP contribution in [-0.4, -0.2) is 28.4 Å². The number of rotatable bonds is 3. The number of pyridine rings is 1. The van der Waals surface area contributed by atoms with Crippen LogP contribution < -0.4 is 5.56 Å². The van der Waals surface area contributed by atoms with Gasteiger partial charge in [-0.2, -0.15) is 0 Å². The molecule has 1 N–H and O–H groups in total. The third kappa shape index (κ3) is 3.17. The fraction of sp³-hybridized carbons (Fsp3) is 0.280. The lowest BCUT2D eigenvalue weighted by atomic mass is 9.94. The average molecular weight is 420 g/mol. The van der Waals surface area contributed by atoms with E-state index in [-0.39, 0.29) is 40.8 Å². The summed E-state index contributed by atoms with van der Waals surface area (Å²) in [4.78, 5) is 30.0. The third-order valence-electron chi connectivity index (χ3n) is 6.60. The van der Waals surface area contributed by atoms with E-state index in [1.807, 2.05) is 6.07 Å². The second-order valence-corrected chi connectivity index (χ2v) is 8.56. The number of aromatic nitrogens is 1. The molecule has 0 unspecified atom stereocenters. The maximum Gasteiger partial charge on any atom is 0.252 e. The highest BCUT2D eigenvalue weighted by molar-refractivity contribution is 5.87. The van der Waals surface area contributed by atoms with E-state index in [1.165, 1.54) is 22.8 Å². The minimum absolute atomic E-state index is 0.00189. The maximum atomic E-state index is 14.4. The van der Waals surface area contributed by atoms with Crippen molar-refractivity contribution < 1.29 is 13.6 Å². The number of hydrogen-bond donors (Lipinski definition) is 1. The molecule has 3 aromatic rings. The summed E-state index contributed by atoms with van der Waals surface area (Å²) in [6, 6.07) is 10.7. The number of nitrogens with zero attached hydrogens (tertiary/aromatic N) is 1. The standard InChI is InChI=1S/C25H22F2N2O2/c1-13-4-3-5-15(8-13)19-10-17-9-16(19)12-29(17)22(30)11-18-14(2)23-21(28-25(18)31)7-6-20(26)24(23)27/h3-8,10,16-17H,9,11-12H2,1-2H3,(H,28,31)/t16-,17-/m0/s1. The molecule has 1 aromatic heterocycles. The van der Waals surface area contributed by atoms with Crippen LogP contribution in [0.25, 0.3) is 16.5 Å². The van der Waals surface area contributed by atoms with Gasteiger partial charge in [-0.25, -0.2) is 8.78 Å². The van der Waals surface area contributed by atoms with Crippen LogP contribution in [0, 0.1) is 31.4 Å². The quantitative estimate of drug-likeness (QED) is 0.688. The van der Waals surface area contributed by atoms with Crippen LogP contribution in [0.5, 0.6) is 0 Å². The zero-order valence-electron chi connectivity index (χ0n) is 17.3. The Bertz CT molecular complexity index is 1330. The van der Waals surface area contributed by atoms with Crippen LogP contribution in [0.3, 0.4) is 0 Å². The van der Waals surface area contributed by atoms with Crippen molar-refractivity contribution in [3.05, 3.63) is 86.7 Å². The van der Waals surface area contributed by atoms with Crippen molar-refractivity contribution in [3.63, 3.8) is 0 Å². The summed E-state index contributed by atoms with van der Waals surface area (Å²) in [6.45, 7) is 4.23. The molecule has 0 radical (unpaired) electrons. The summed E-state index contributed by atoms with van der Waals surface area (Å²) in [5.74, 6) is -1.88. The smallest absolute Gasteiger partial charge is 0.252 e. The van der Waals surface area contributed by atoms with Gasteiger partial charge in [0.1, 0.15) is 0 Å². The molecule has 158 valence electrons. The number of benzene rings is 2. The second kappa shape index (κ2) is 7.15. The van der Waals surface area contributed by atoms with Crippen molar-refractivity contribution in [2.24, 2.45) is 5.92 Å². The Labute approximate surface area is 178 Å². The monoisotopic (exact) mass is 420 g/mol. The first kappa shape index (κ1) is 19.7. The van der Waals surface area contributed by atoms with Gasteiger partial charge in [0.05, 0.1) is 18.0 Å². The zero-order chi connectivity index (χ0) is 21.9. The number of H-pyrrole nitrogens is 1. The normalized spacial score (nSPS) is 19.9. The van der Waals surface area contributed by atoms with E-state index in [2.05, 4.69) is 36.2 Å². The number of carbonyl (C=O) groups excluding carboxylic acids is 1. The van der Waals surface area contributed by atoms with Gasteiger partial charge in [0.25, 0.3) is 5.56 Å². The van der Waals surface area contributed by atoms with E-state index in [1.54, 1.807) is 11.8 Å². The first-order valence-corrected chi connectivity index (χ1v) is 10.4. The van der Waals surface area contributed by atoms with Gasteiger partial charge in [-0.3, -0.25) is 9.59 Å². The summed E-state index contributed by atoms with van der Waals surface area (Å²) >= 11 is 0. The number of nitrogens with one attached hydrogen (secondary N) is 1. The van der Waals surface area contributed by atoms with Crippen LogP contribution in [0.2, 0.25) is 0 Å². The summed E-state index contributed by atoms with van der Waals surface area (Å²) < 4.78 is 28.1. The summed E-state index contributed by atoms with van der Waals surface area (Å²) in [5.41, 5.74) is 3.95. The molecule has 1 saturated heterocycles. The van der Waals surface area contributed by atoms with Crippen molar-refractivity contribution >= 4 is 22.4 Å². The van der Waals surface area contributed by atoms with Crippen LogP contribution in [0.15, 0.2) is 47.3 Å². The lowest BCUT2D eigenvalue weighted by Crippen LogP contribution is -2.38. The molecular formula is C25H22F2N2O2. The highest BCUT2D eigenvalue weighted by atomic mass is 19.2. The number of halogens is 2. The van der Waals surface area contributed by atoms with E-state index >= 15 is 0 Å². The van der Waals surface area contributed by atoms with Gasteiger partial charge in [0.2, 0.25) is 5.91 Å². The summed E-state index contributed by atoms with van der Waals surface area (Å²) in [7, 11) is 0. The van der Waals surface area contributed by atoms with Crippen molar-refractivity contribution in [1.29, 1.82) is 0 Å². The van der Waals surface area contributed by atoms with Crippen LogP contribution >= 0.6 is 0 Å². The Morgan fingerprint density at radius 1 is 1.19 bits per heavy atom. The predicted molar refractivity (Wildman–Crippen MR) is 116 cm³/mol. The Balaban J connectivity index is 1.43. The topological polar surface area (TPSA) is 53.2 Å².